The topological polar surface area (TPSA) is 52.1 Å². The van der Waals surface area contributed by atoms with Crippen LogP contribution in [0.5, 0.6) is 0 Å². The SMILES string of the molecule is COC(=O)c1cc(-c2cncc(C)c2)cnc1Cl. The number of hydrogen-bond donors (Lipinski definition) is 0. The lowest BCUT2D eigenvalue weighted by Crippen LogP contribution is -2.03. The molecule has 0 saturated carbocycles. The molecule has 0 fully saturated rings. The Morgan fingerprint density at radius 1 is 1.22 bits per heavy atom. The first kappa shape index (κ1) is 12.5. The third kappa shape index (κ3) is 2.49. The Labute approximate surface area is 110 Å². The molecule has 2 rings (SSSR count). The molecule has 2 aromatic rings. The van der Waals surface area contributed by atoms with Crippen LogP contribution in [0, 0.1) is 6.92 Å². The van der Waals surface area contributed by atoms with Gasteiger partial charge in [0.05, 0.1) is 12.7 Å². The monoisotopic (exact) mass is 262 g/mol. The third-order valence-electron chi connectivity index (χ3n) is 2.45. The molecule has 0 saturated heterocycles. The summed E-state index contributed by atoms with van der Waals surface area (Å²) in [7, 11) is 1.31. The van der Waals surface area contributed by atoms with Crippen molar-refractivity contribution in [2.75, 3.05) is 7.11 Å². The van der Waals surface area contributed by atoms with E-state index in [2.05, 4.69) is 14.7 Å². The standard InChI is InChI=1S/C13H11ClN2O2/c1-8-3-9(6-15-5-8)10-4-11(13(17)18-2)12(14)16-7-10/h3-7H,1-2H3. The molecule has 0 aliphatic heterocycles. The van der Waals surface area contributed by atoms with Gasteiger partial charge in [-0.15, -0.1) is 0 Å². The summed E-state index contributed by atoms with van der Waals surface area (Å²) in [6, 6.07) is 3.61. The van der Waals surface area contributed by atoms with Gasteiger partial charge in [0.1, 0.15) is 5.15 Å². The number of carbonyl (C=O) groups excluding carboxylic acids is 1. The molecule has 0 aromatic carbocycles. The lowest BCUT2D eigenvalue weighted by molar-refractivity contribution is 0.0600. The van der Waals surface area contributed by atoms with Gasteiger partial charge in [-0.05, 0) is 24.6 Å². The summed E-state index contributed by atoms with van der Waals surface area (Å²) >= 11 is 5.86. The number of pyridine rings is 2. The molecule has 0 unspecified atom stereocenters. The zero-order chi connectivity index (χ0) is 13.1. The number of rotatable bonds is 2. The molecule has 2 heterocycles. The molecule has 2 aromatic heterocycles. The van der Waals surface area contributed by atoms with Gasteiger partial charge in [0, 0.05) is 29.7 Å². The number of aryl methyl sites for hydroxylation is 1. The summed E-state index contributed by atoms with van der Waals surface area (Å²) in [6.45, 7) is 1.95. The van der Waals surface area contributed by atoms with E-state index < -0.39 is 5.97 Å². The molecule has 4 nitrogen and oxygen atoms in total. The van der Waals surface area contributed by atoms with Crippen molar-refractivity contribution in [3.05, 3.63) is 47.0 Å². The highest BCUT2D eigenvalue weighted by molar-refractivity contribution is 6.32. The van der Waals surface area contributed by atoms with Crippen LogP contribution in [0.2, 0.25) is 5.15 Å². The van der Waals surface area contributed by atoms with E-state index in [1.54, 1.807) is 24.7 Å². The lowest BCUT2D eigenvalue weighted by atomic mass is 10.1. The Balaban J connectivity index is 2.50. The zero-order valence-electron chi connectivity index (χ0n) is 9.98. The van der Waals surface area contributed by atoms with Gasteiger partial charge in [0.15, 0.2) is 0 Å². The van der Waals surface area contributed by atoms with Gasteiger partial charge in [-0.3, -0.25) is 4.98 Å². The highest BCUT2D eigenvalue weighted by Crippen LogP contribution is 2.23. The Morgan fingerprint density at radius 3 is 2.61 bits per heavy atom. The first-order chi connectivity index (χ1) is 8.61. The van der Waals surface area contributed by atoms with Gasteiger partial charge in [-0.25, -0.2) is 9.78 Å². The zero-order valence-corrected chi connectivity index (χ0v) is 10.7. The van der Waals surface area contributed by atoms with Crippen molar-refractivity contribution in [2.24, 2.45) is 0 Å². The minimum atomic E-state index is -0.505. The maximum atomic E-state index is 11.5. The van der Waals surface area contributed by atoms with Gasteiger partial charge in [0.25, 0.3) is 0 Å². The van der Waals surface area contributed by atoms with Crippen LogP contribution in [-0.4, -0.2) is 23.0 Å². The number of esters is 1. The van der Waals surface area contributed by atoms with Crippen LogP contribution in [0.15, 0.2) is 30.7 Å². The number of halogens is 1. The van der Waals surface area contributed by atoms with Crippen LogP contribution in [0.3, 0.4) is 0 Å². The summed E-state index contributed by atoms with van der Waals surface area (Å²) in [4.78, 5) is 19.6. The smallest absolute Gasteiger partial charge is 0.341 e. The molecule has 0 bridgehead atoms. The number of nitrogens with zero attached hydrogens (tertiary/aromatic N) is 2. The lowest BCUT2D eigenvalue weighted by Gasteiger charge is -2.06. The molecule has 0 radical (unpaired) electrons. The summed E-state index contributed by atoms with van der Waals surface area (Å²) < 4.78 is 4.65. The van der Waals surface area contributed by atoms with Crippen LogP contribution in [-0.2, 0) is 4.74 Å². The van der Waals surface area contributed by atoms with Crippen molar-refractivity contribution in [2.45, 2.75) is 6.92 Å². The van der Waals surface area contributed by atoms with Crippen LogP contribution in [0.1, 0.15) is 15.9 Å². The maximum absolute atomic E-state index is 11.5. The van der Waals surface area contributed by atoms with E-state index in [0.717, 1.165) is 16.7 Å². The molecular weight excluding hydrogens is 252 g/mol. The number of carbonyl (C=O) groups is 1. The largest absolute Gasteiger partial charge is 0.465 e. The van der Waals surface area contributed by atoms with Crippen molar-refractivity contribution >= 4 is 17.6 Å². The molecule has 0 spiro atoms. The second-order valence-electron chi connectivity index (χ2n) is 3.80. The molecule has 0 aliphatic rings. The van der Waals surface area contributed by atoms with E-state index >= 15 is 0 Å². The first-order valence-corrected chi connectivity index (χ1v) is 5.65. The van der Waals surface area contributed by atoms with Crippen molar-refractivity contribution in [3.8, 4) is 11.1 Å². The third-order valence-corrected chi connectivity index (χ3v) is 2.75. The number of methoxy groups -OCH3 is 1. The van der Waals surface area contributed by atoms with Crippen LogP contribution in [0.25, 0.3) is 11.1 Å². The van der Waals surface area contributed by atoms with Crippen LogP contribution in [0.4, 0.5) is 0 Å². The van der Waals surface area contributed by atoms with E-state index in [1.807, 2.05) is 13.0 Å². The van der Waals surface area contributed by atoms with Crippen molar-refractivity contribution in [1.82, 2.24) is 9.97 Å². The summed E-state index contributed by atoms with van der Waals surface area (Å²) in [6.07, 6.45) is 5.07. The van der Waals surface area contributed by atoms with Gasteiger partial charge < -0.3 is 4.74 Å². The fourth-order valence-corrected chi connectivity index (χ4v) is 1.75. The Hall–Kier alpha value is -1.94. The molecule has 18 heavy (non-hydrogen) atoms. The number of aromatic nitrogens is 2. The quantitative estimate of drug-likeness (QED) is 0.617. The van der Waals surface area contributed by atoms with Crippen molar-refractivity contribution < 1.29 is 9.53 Å². The predicted octanol–water partition coefficient (Wildman–Crippen LogP) is 2.89. The maximum Gasteiger partial charge on any atom is 0.341 e. The molecule has 0 aliphatic carbocycles. The van der Waals surface area contributed by atoms with Crippen LogP contribution >= 0.6 is 11.6 Å². The fraction of sp³-hybridized carbons (Fsp3) is 0.154. The molecule has 0 N–H and O–H groups in total. The normalized spacial score (nSPS) is 10.2. The molecular formula is C13H11ClN2O2. The summed E-state index contributed by atoms with van der Waals surface area (Å²) in [5.41, 5.74) is 2.93. The molecule has 5 heteroatoms. The average molecular weight is 263 g/mol. The summed E-state index contributed by atoms with van der Waals surface area (Å²) in [5.74, 6) is -0.505. The second kappa shape index (κ2) is 5.14. The Bertz CT molecular complexity index is 599. The van der Waals surface area contributed by atoms with E-state index in [-0.39, 0.29) is 10.7 Å². The average Bonchev–Trinajstić information content (AvgIpc) is 2.38. The van der Waals surface area contributed by atoms with E-state index in [0.29, 0.717) is 0 Å². The molecule has 0 amide bonds. The molecule has 0 atom stereocenters. The minimum absolute atomic E-state index is 0.131. The number of ether oxygens (including phenoxy) is 1. The highest BCUT2D eigenvalue weighted by atomic mass is 35.5. The highest BCUT2D eigenvalue weighted by Gasteiger charge is 2.13. The van der Waals surface area contributed by atoms with E-state index in [1.165, 1.54) is 7.11 Å². The second-order valence-corrected chi connectivity index (χ2v) is 4.16. The van der Waals surface area contributed by atoms with Gasteiger partial charge in [-0.1, -0.05) is 11.6 Å². The van der Waals surface area contributed by atoms with Gasteiger partial charge in [0.2, 0.25) is 0 Å². The van der Waals surface area contributed by atoms with Crippen molar-refractivity contribution in [1.29, 1.82) is 0 Å². The van der Waals surface area contributed by atoms with Crippen LogP contribution < -0.4 is 0 Å². The van der Waals surface area contributed by atoms with Gasteiger partial charge >= 0.3 is 5.97 Å². The predicted molar refractivity (Wildman–Crippen MR) is 68.6 cm³/mol. The summed E-state index contributed by atoms with van der Waals surface area (Å²) in [5, 5.41) is 0.131. The van der Waals surface area contributed by atoms with E-state index in [4.69, 9.17) is 11.6 Å². The van der Waals surface area contributed by atoms with Gasteiger partial charge in [-0.2, -0.15) is 0 Å². The van der Waals surface area contributed by atoms with E-state index in [9.17, 15) is 4.79 Å². The Morgan fingerprint density at radius 2 is 1.94 bits per heavy atom. The number of hydrogen-bond acceptors (Lipinski definition) is 4. The van der Waals surface area contributed by atoms with Crippen molar-refractivity contribution in [3.63, 3.8) is 0 Å². The fourth-order valence-electron chi connectivity index (χ4n) is 1.57. The minimum Gasteiger partial charge on any atom is -0.465 e. The Kier molecular flexibility index (Phi) is 3.58. The first-order valence-electron chi connectivity index (χ1n) is 5.27. The molecule has 92 valence electrons.